The molecule has 0 aliphatic heterocycles. The van der Waals surface area contributed by atoms with E-state index in [0.29, 0.717) is 17.1 Å². The SMILES string of the molecule is Cc1cc(NC(=O)c2cc(Cl)c(N)c(Cl)c2)no1. The number of halogens is 2. The molecule has 0 saturated carbocycles. The first-order valence-electron chi connectivity index (χ1n) is 4.96. The van der Waals surface area contributed by atoms with E-state index in [4.69, 9.17) is 33.5 Å². The number of nitrogens with zero attached hydrogens (tertiary/aromatic N) is 1. The lowest BCUT2D eigenvalue weighted by Crippen LogP contribution is -2.12. The van der Waals surface area contributed by atoms with Crippen LogP contribution in [0.1, 0.15) is 16.1 Å². The van der Waals surface area contributed by atoms with Crippen molar-refractivity contribution < 1.29 is 9.32 Å². The molecule has 2 aromatic rings. The normalized spacial score (nSPS) is 10.4. The number of nitrogen functional groups attached to an aromatic ring is 1. The standard InChI is InChI=1S/C11H9Cl2N3O2/c1-5-2-9(16-18-5)15-11(17)6-3-7(12)10(14)8(13)4-6/h2-4H,14H2,1H3,(H,15,16,17). The van der Waals surface area contributed by atoms with Crippen LogP contribution in [0.5, 0.6) is 0 Å². The third-order valence-corrected chi connectivity index (χ3v) is 2.84. The lowest BCUT2D eigenvalue weighted by Gasteiger charge is -2.05. The van der Waals surface area contributed by atoms with Crippen LogP contribution in [0.4, 0.5) is 11.5 Å². The second-order valence-electron chi connectivity index (χ2n) is 3.63. The van der Waals surface area contributed by atoms with Gasteiger partial charge in [-0.3, -0.25) is 4.79 Å². The van der Waals surface area contributed by atoms with Crippen molar-refractivity contribution in [1.29, 1.82) is 0 Å². The minimum atomic E-state index is -0.396. The van der Waals surface area contributed by atoms with Crippen LogP contribution in [-0.2, 0) is 0 Å². The molecule has 0 unspecified atom stereocenters. The summed E-state index contributed by atoms with van der Waals surface area (Å²) in [7, 11) is 0. The van der Waals surface area contributed by atoms with Gasteiger partial charge in [0.05, 0.1) is 15.7 Å². The molecule has 0 aliphatic carbocycles. The maximum Gasteiger partial charge on any atom is 0.257 e. The monoisotopic (exact) mass is 285 g/mol. The molecule has 5 nitrogen and oxygen atoms in total. The van der Waals surface area contributed by atoms with Gasteiger partial charge in [0.2, 0.25) is 0 Å². The Labute approximate surface area is 113 Å². The van der Waals surface area contributed by atoms with Gasteiger partial charge in [-0.2, -0.15) is 0 Å². The van der Waals surface area contributed by atoms with Gasteiger partial charge in [-0.05, 0) is 19.1 Å². The van der Waals surface area contributed by atoms with Crippen LogP contribution < -0.4 is 11.1 Å². The van der Waals surface area contributed by atoms with Gasteiger partial charge in [-0.1, -0.05) is 28.4 Å². The van der Waals surface area contributed by atoms with Crippen molar-refractivity contribution in [2.75, 3.05) is 11.1 Å². The van der Waals surface area contributed by atoms with Gasteiger partial charge < -0.3 is 15.6 Å². The van der Waals surface area contributed by atoms with Crippen LogP contribution >= 0.6 is 23.2 Å². The first kappa shape index (κ1) is 12.7. The number of anilines is 2. The number of aromatic nitrogens is 1. The van der Waals surface area contributed by atoms with E-state index in [1.165, 1.54) is 12.1 Å². The molecule has 1 amide bonds. The van der Waals surface area contributed by atoms with E-state index < -0.39 is 5.91 Å². The van der Waals surface area contributed by atoms with Gasteiger partial charge in [-0.25, -0.2) is 0 Å². The number of carbonyl (C=O) groups excluding carboxylic acids is 1. The van der Waals surface area contributed by atoms with Crippen molar-refractivity contribution in [3.8, 4) is 0 Å². The zero-order valence-corrected chi connectivity index (χ0v) is 10.8. The van der Waals surface area contributed by atoms with E-state index >= 15 is 0 Å². The predicted molar refractivity (Wildman–Crippen MR) is 70.1 cm³/mol. The number of benzene rings is 1. The molecule has 1 heterocycles. The molecule has 2 rings (SSSR count). The topological polar surface area (TPSA) is 81.2 Å². The first-order chi connectivity index (χ1) is 8.47. The van der Waals surface area contributed by atoms with Crippen molar-refractivity contribution in [1.82, 2.24) is 5.16 Å². The van der Waals surface area contributed by atoms with Crippen molar-refractivity contribution in [3.05, 3.63) is 39.6 Å². The second-order valence-corrected chi connectivity index (χ2v) is 4.44. The summed E-state index contributed by atoms with van der Waals surface area (Å²) < 4.78 is 4.83. The zero-order valence-electron chi connectivity index (χ0n) is 9.33. The summed E-state index contributed by atoms with van der Waals surface area (Å²) in [6, 6.07) is 4.47. The quantitative estimate of drug-likeness (QED) is 0.831. The Morgan fingerprint density at radius 1 is 1.33 bits per heavy atom. The predicted octanol–water partition coefficient (Wildman–Crippen LogP) is 3.12. The van der Waals surface area contributed by atoms with Crippen molar-refractivity contribution in [2.24, 2.45) is 0 Å². The van der Waals surface area contributed by atoms with E-state index in [0.717, 1.165) is 0 Å². The van der Waals surface area contributed by atoms with Gasteiger partial charge in [0.1, 0.15) is 5.76 Å². The molecular formula is C11H9Cl2N3O2. The molecule has 3 N–H and O–H groups in total. The van der Waals surface area contributed by atoms with Crippen LogP contribution in [0.25, 0.3) is 0 Å². The Morgan fingerprint density at radius 2 is 1.94 bits per heavy atom. The Balaban J connectivity index is 2.24. The molecule has 1 aromatic heterocycles. The lowest BCUT2D eigenvalue weighted by atomic mass is 10.2. The number of rotatable bonds is 2. The summed E-state index contributed by atoms with van der Waals surface area (Å²) in [4.78, 5) is 11.9. The van der Waals surface area contributed by atoms with E-state index in [2.05, 4.69) is 10.5 Å². The van der Waals surface area contributed by atoms with Crippen molar-refractivity contribution in [3.63, 3.8) is 0 Å². The summed E-state index contributed by atoms with van der Waals surface area (Å²) in [5.74, 6) is 0.521. The van der Waals surface area contributed by atoms with Gasteiger partial charge in [0, 0.05) is 11.6 Å². The fourth-order valence-electron chi connectivity index (χ4n) is 1.33. The molecule has 0 spiro atoms. The smallest absolute Gasteiger partial charge is 0.257 e. The molecule has 0 atom stereocenters. The molecule has 0 fully saturated rings. The highest BCUT2D eigenvalue weighted by Crippen LogP contribution is 2.29. The van der Waals surface area contributed by atoms with E-state index in [-0.39, 0.29) is 15.7 Å². The average molecular weight is 286 g/mol. The number of amides is 1. The molecule has 0 bridgehead atoms. The Morgan fingerprint density at radius 3 is 2.44 bits per heavy atom. The molecule has 94 valence electrons. The number of nitrogens with one attached hydrogen (secondary N) is 1. The Kier molecular flexibility index (Phi) is 3.45. The fraction of sp³-hybridized carbons (Fsp3) is 0.0909. The summed E-state index contributed by atoms with van der Waals surface area (Å²) in [5.41, 5.74) is 6.12. The number of hydrogen-bond donors (Lipinski definition) is 2. The average Bonchev–Trinajstić information content (AvgIpc) is 2.71. The minimum absolute atomic E-state index is 0.226. The van der Waals surface area contributed by atoms with Crippen LogP contribution in [-0.4, -0.2) is 11.1 Å². The molecule has 7 heteroatoms. The zero-order chi connectivity index (χ0) is 13.3. The Hall–Kier alpha value is -1.72. The van der Waals surface area contributed by atoms with Gasteiger partial charge in [0.25, 0.3) is 5.91 Å². The maximum absolute atomic E-state index is 11.9. The molecule has 18 heavy (non-hydrogen) atoms. The summed E-state index contributed by atoms with van der Waals surface area (Å²) in [6.45, 7) is 1.72. The number of nitrogens with two attached hydrogens (primary N) is 1. The highest BCUT2D eigenvalue weighted by molar-refractivity contribution is 6.39. The summed E-state index contributed by atoms with van der Waals surface area (Å²) in [5, 5.41) is 6.65. The highest BCUT2D eigenvalue weighted by atomic mass is 35.5. The first-order valence-corrected chi connectivity index (χ1v) is 5.72. The second kappa shape index (κ2) is 4.88. The fourth-order valence-corrected chi connectivity index (χ4v) is 1.82. The number of carbonyl (C=O) groups is 1. The van der Waals surface area contributed by atoms with Gasteiger partial charge >= 0.3 is 0 Å². The molecule has 1 aromatic carbocycles. The van der Waals surface area contributed by atoms with Crippen LogP contribution in [0, 0.1) is 6.92 Å². The molecular weight excluding hydrogens is 277 g/mol. The largest absolute Gasteiger partial charge is 0.396 e. The van der Waals surface area contributed by atoms with Crippen molar-refractivity contribution >= 4 is 40.6 Å². The maximum atomic E-state index is 11.9. The van der Waals surface area contributed by atoms with Crippen LogP contribution in [0.3, 0.4) is 0 Å². The molecule has 0 saturated heterocycles. The van der Waals surface area contributed by atoms with E-state index in [1.54, 1.807) is 13.0 Å². The Bertz CT molecular complexity index is 587. The van der Waals surface area contributed by atoms with Crippen molar-refractivity contribution in [2.45, 2.75) is 6.92 Å². The summed E-state index contributed by atoms with van der Waals surface area (Å²) in [6.07, 6.45) is 0. The molecule has 0 aliphatic rings. The van der Waals surface area contributed by atoms with Gasteiger partial charge in [-0.15, -0.1) is 0 Å². The molecule has 0 radical (unpaired) electrons. The van der Waals surface area contributed by atoms with E-state index in [9.17, 15) is 4.79 Å². The number of hydrogen-bond acceptors (Lipinski definition) is 4. The van der Waals surface area contributed by atoms with E-state index in [1.807, 2.05) is 0 Å². The number of aryl methyl sites for hydroxylation is 1. The minimum Gasteiger partial charge on any atom is -0.396 e. The van der Waals surface area contributed by atoms with Crippen LogP contribution in [0.15, 0.2) is 22.7 Å². The van der Waals surface area contributed by atoms with Crippen LogP contribution in [0.2, 0.25) is 10.0 Å². The highest BCUT2D eigenvalue weighted by Gasteiger charge is 2.12. The van der Waals surface area contributed by atoms with Gasteiger partial charge in [0.15, 0.2) is 5.82 Å². The third kappa shape index (κ3) is 2.57. The lowest BCUT2D eigenvalue weighted by molar-refractivity contribution is 0.102. The summed E-state index contributed by atoms with van der Waals surface area (Å²) >= 11 is 11.7. The third-order valence-electron chi connectivity index (χ3n) is 2.21.